The van der Waals surface area contributed by atoms with Crippen LogP contribution in [-0.4, -0.2) is 23.6 Å². The molecule has 2 aromatic carbocycles. The minimum atomic E-state index is -0.794. The van der Waals surface area contributed by atoms with Crippen molar-refractivity contribution in [2.45, 2.75) is 18.9 Å². The van der Waals surface area contributed by atoms with Crippen LogP contribution in [0.25, 0.3) is 0 Å². The molecule has 0 saturated carbocycles. The van der Waals surface area contributed by atoms with Gasteiger partial charge in [0.15, 0.2) is 0 Å². The summed E-state index contributed by atoms with van der Waals surface area (Å²) in [6, 6.07) is 18.3. The van der Waals surface area contributed by atoms with E-state index in [9.17, 15) is 9.59 Å². The maximum atomic E-state index is 11.7. The number of aliphatic imine (C=N–C) groups is 1. The molecule has 0 aromatic heterocycles. The van der Waals surface area contributed by atoms with E-state index in [0.29, 0.717) is 5.71 Å². The molecule has 0 fully saturated rings. The highest BCUT2D eigenvalue weighted by molar-refractivity contribution is 6.13. The summed E-state index contributed by atoms with van der Waals surface area (Å²) in [6.45, 7) is 0. The van der Waals surface area contributed by atoms with Crippen LogP contribution in [0.3, 0.4) is 0 Å². The van der Waals surface area contributed by atoms with Crippen molar-refractivity contribution in [3.8, 4) is 0 Å². The Labute approximate surface area is 135 Å². The Balaban J connectivity index is 2.43. The molecule has 1 atom stereocenters. The molecule has 0 aliphatic rings. The Morgan fingerprint density at radius 2 is 1.35 bits per heavy atom. The molecule has 1 unspecified atom stereocenters. The molecular formula is C18H19N3O2. The highest BCUT2D eigenvalue weighted by Crippen LogP contribution is 2.14. The van der Waals surface area contributed by atoms with Crippen LogP contribution in [0.4, 0.5) is 0 Å². The maximum Gasteiger partial charge on any atom is 0.242 e. The maximum absolute atomic E-state index is 11.7. The van der Waals surface area contributed by atoms with Crippen LogP contribution in [0.1, 0.15) is 24.0 Å². The van der Waals surface area contributed by atoms with Crippen molar-refractivity contribution in [1.82, 2.24) is 0 Å². The zero-order valence-corrected chi connectivity index (χ0v) is 12.7. The lowest BCUT2D eigenvalue weighted by atomic mass is 10.0. The fourth-order valence-corrected chi connectivity index (χ4v) is 2.21. The molecule has 23 heavy (non-hydrogen) atoms. The zero-order chi connectivity index (χ0) is 16.7. The van der Waals surface area contributed by atoms with Crippen LogP contribution < -0.4 is 11.5 Å². The van der Waals surface area contributed by atoms with E-state index in [-0.39, 0.29) is 12.8 Å². The number of carbonyl (C=O) groups excluding carboxylic acids is 2. The van der Waals surface area contributed by atoms with Crippen LogP contribution in [0, 0.1) is 0 Å². The molecule has 5 heteroatoms. The highest BCUT2D eigenvalue weighted by atomic mass is 16.1. The van der Waals surface area contributed by atoms with Gasteiger partial charge in [-0.25, -0.2) is 0 Å². The van der Waals surface area contributed by atoms with Gasteiger partial charge in [0, 0.05) is 17.5 Å². The average Bonchev–Trinajstić information content (AvgIpc) is 2.56. The molecule has 0 saturated heterocycles. The largest absolute Gasteiger partial charge is 0.370 e. The molecule has 2 rings (SSSR count). The molecule has 4 N–H and O–H groups in total. The zero-order valence-electron chi connectivity index (χ0n) is 12.7. The number of primary amides is 2. The summed E-state index contributed by atoms with van der Waals surface area (Å²) in [4.78, 5) is 27.2. The molecule has 2 amide bonds. The summed E-state index contributed by atoms with van der Waals surface area (Å²) in [5.74, 6) is -1.05. The van der Waals surface area contributed by atoms with E-state index < -0.39 is 17.9 Å². The third-order valence-corrected chi connectivity index (χ3v) is 3.37. The number of hydrogen-bond donors (Lipinski definition) is 2. The van der Waals surface area contributed by atoms with Gasteiger partial charge in [0.1, 0.15) is 6.04 Å². The number of carbonyl (C=O) groups is 2. The molecule has 0 spiro atoms. The first-order valence-corrected chi connectivity index (χ1v) is 7.34. The first-order valence-electron chi connectivity index (χ1n) is 7.34. The summed E-state index contributed by atoms with van der Waals surface area (Å²) >= 11 is 0. The highest BCUT2D eigenvalue weighted by Gasteiger charge is 2.17. The fourth-order valence-electron chi connectivity index (χ4n) is 2.21. The lowest BCUT2D eigenvalue weighted by molar-refractivity contribution is -0.120. The van der Waals surface area contributed by atoms with E-state index in [2.05, 4.69) is 4.99 Å². The van der Waals surface area contributed by atoms with Gasteiger partial charge >= 0.3 is 0 Å². The Hall–Kier alpha value is -2.95. The van der Waals surface area contributed by atoms with Gasteiger partial charge in [0.2, 0.25) is 11.8 Å². The molecule has 0 aliphatic carbocycles. The quantitative estimate of drug-likeness (QED) is 0.760. The first-order chi connectivity index (χ1) is 11.1. The summed E-state index contributed by atoms with van der Waals surface area (Å²) < 4.78 is 0. The summed E-state index contributed by atoms with van der Waals surface area (Å²) in [7, 11) is 0. The topological polar surface area (TPSA) is 98.5 Å². The molecule has 0 bridgehead atoms. The van der Waals surface area contributed by atoms with E-state index in [1.165, 1.54) is 0 Å². The SMILES string of the molecule is NC(=O)CCC(N=C(c1ccccc1)c1ccccc1)C(N)=O. The van der Waals surface area contributed by atoms with Crippen molar-refractivity contribution in [2.24, 2.45) is 16.5 Å². The molecule has 0 aliphatic heterocycles. The minimum Gasteiger partial charge on any atom is -0.370 e. The Bertz CT molecular complexity index is 655. The molecule has 5 nitrogen and oxygen atoms in total. The Morgan fingerprint density at radius 1 is 0.870 bits per heavy atom. The normalized spacial score (nSPS) is 11.5. The van der Waals surface area contributed by atoms with Crippen LogP contribution in [0.5, 0.6) is 0 Å². The Kier molecular flexibility index (Phi) is 5.63. The predicted molar refractivity (Wildman–Crippen MR) is 89.9 cm³/mol. The number of hydrogen-bond acceptors (Lipinski definition) is 3. The van der Waals surface area contributed by atoms with Gasteiger partial charge in [-0.1, -0.05) is 60.7 Å². The smallest absolute Gasteiger partial charge is 0.242 e. The first kappa shape index (κ1) is 16.4. The van der Waals surface area contributed by atoms with Gasteiger partial charge in [-0.05, 0) is 6.42 Å². The van der Waals surface area contributed by atoms with Crippen LogP contribution in [0.2, 0.25) is 0 Å². The third kappa shape index (κ3) is 4.78. The van der Waals surface area contributed by atoms with Crippen LogP contribution in [-0.2, 0) is 9.59 Å². The summed E-state index contributed by atoms with van der Waals surface area (Å²) in [5.41, 5.74) is 13.0. The summed E-state index contributed by atoms with van der Waals surface area (Å²) in [6.07, 6.45) is 0.266. The van der Waals surface area contributed by atoms with Gasteiger partial charge in [-0.3, -0.25) is 14.6 Å². The van der Waals surface area contributed by atoms with Crippen LogP contribution >= 0.6 is 0 Å². The lowest BCUT2D eigenvalue weighted by Crippen LogP contribution is -2.29. The minimum absolute atomic E-state index is 0.0635. The number of nitrogens with two attached hydrogens (primary N) is 2. The second-order valence-corrected chi connectivity index (χ2v) is 5.13. The van der Waals surface area contributed by atoms with Crippen molar-refractivity contribution in [2.75, 3.05) is 0 Å². The van der Waals surface area contributed by atoms with Gasteiger partial charge in [-0.2, -0.15) is 0 Å². The van der Waals surface area contributed by atoms with Crippen molar-refractivity contribution in [1.29, 1.82) is 0 Å². The van der Waals surface area contributed by atoms with Crippen molar-refractivity contribution in [3.05, 3.63) is 71.8 Å². The number of rotatable bonds is 7. The van der Waals surface area contributed by atoms with Crippen molar-refractivity contribution in [3.63, 3.8) is 0 Å². The van der Waals surface area contributed by atoms with Crippen molar-refractivity contribution < 1.29 is 9.59 Å². The van der Waals surface area contributed by atoms with Gasteiger partial charge in [-0.15, -0.1) is 0 Å². The average molecular weight is 309 g/mol. The number of amides is 2. The monoisotopic (exact) mass is 309 g/mol. The van der Waals surface area contributed by atoms with E-state index in [1.807, 2.05) is 60.7 Å². The fraction of sp³-hybridized carbons (Fsp3) is 0.167. The Morgan fingerprint density at radius 3 is 1.74 bits per heavy atom. The van der Waals surface area contributed by atoms with E-state index in [4.69, 9.17) is 11.5 Å². The van der Waals surface area contributed by atoms with Gasteiger partial charge in [0.05, 0.1) is 5.71 Å². The molecule has 0 radical (unpaired) electrons. The van der Waals surface area contributed by atoms with Crippen molar-refractivity contribution >= 4 is 17.5 Å². The van der Waals surface area contributed by atoms with Crippen LogP contribution in [0.15, 0.2) is 65.7 Å². The van der Waals surface area contributed by atoms with Gasteiger partial charge in [0.25, 0.3) is 0 Å². The lowest BCUT2D eigenvalue weighted by Gasteiger charge is -2.13. The summed E-state index contributed by atoms with van der Waals surface area (Å²) in [5, 5.41) is 0. The molecule has 0 heterocycles. The standard InChI is InChI=1S/C18H19N3O2/c19-16(22)12-11-15(18(20)23)21-17(13-7-3-1-4-8-13)14-9-5-2-6-10-14/h1-10,15H,11-12H2,(H2,19,22)(H2,20,23). The third-order valence-electron chi connectivity index (χ3n) is 3.37. The second kappa shape index (κ2) is 7.89. The molecule has 2 aromatic rings. The second-order valence-electron chi connectivity index (χ2n) is 5.13. The molecular weight excluding hydrogens is 290 g/mol. The predicted octanol–water partition coefficient (Wildman–Crippen LogP) is 1.64. The van der Waals surface area contributed by atoms with E-state index in [0.717, 1.165) is 11.1 Å². The number of nitrogens with zero attached hydrogens (tertiary/aromatic N) is 1. The van der Waals surface area contributed by atoms with E-state index >= 15 is 0 Å². The molecule has 118 valence electrons. The van der Waals surface area contributed by atoms with E-state index in [1.54, 1.807) is 0 Å². The van der Waals surface area contributed by atoms with Gasteiger partial charge < -0.3 is 11.5 Å². The number of benzene rings is 2.